The van der Waals surface area contributed by atoms with E-state index in [1.807, 2.05) is 0 Å². The maximum absolute atomic E-state index is 12.8. The van der Waals surface area contributed by atoms with Crippen LogP contribution in [0.15, 0.2) is 29.4 Å². The highest BCUT2D eigenvalue weighted by Crippen LogP contribution is 2.09. The van der Waals surface area contributed by atoms with Gasteiger partial charge in [0.1, 0.15) is 5.82 Å². The molecule has 3 N–H and O–H groups in total. The van der Waals surface area contributed by atoms with E-state index in [9.17, 15) is 8.60 Å². The minimum atomic E-state index is -1.50. The van der Waals surface area contributed by atoms with Crippen molar-refractivity contribution in [1.82, 2.24) is 14.8 Å². The second-order valence-electron chi connectivity index (χ2n) is 4.06. The van der Waals surface area contributed by atoms with Gasteiger partial charge >= 0.3 is 0 Å². The van der Waals surface area contributed by atoms with E-state index >= 15 is 0 Å². The van der Waals surface area contributed by atoms with E-state index in [0.29, 0.717) is 12.1 Å². The van der Waals surface area contributed by atoms with Crippen LogP contribution in [0.1, 0.15) is 12.5 Å². The van der Waals surface area contributed by atoms with E-state index in [1.165, 1.54) is 16.8 Å². The number of hydrogen-bond donors (Lipinski definition) is 2. The molecule has 0 spiro atoms. The number of nitrogens with two attached hydrogens (primary N) is 1. The van der Waals surface area contributed by atoms with Gasteiger partial charge in [-0.1, -0.05) is 12.1 Å². The van der Waals surface area contributed by atoms with Crippen LogP contribution in [0.3, 0.4) is 0 Å². The van der Waals surface area contributed by atoms with Gasteiger partial charge in [-0.2, -0.15) is 4.98 Å². The van der Waals surface area contributed by atoms with Crippen LogP contribution in [0.25, 0.3) is 0 Å². The van der Waals surface area contributed by atoms with Crippen molar-refractivity contribution in [3.05, 3.63) is 41.1 Å². The third kappa shape index (κ3) is 3.08. The zero-order valence-corrected chi connectivity index (χ0v) is 11.7. The lowest BCUT2D eigenvalue weighted by Crippen LogP contribution is -2.28. The predicted molar refractivity (Wildman–Crippen MR) is 72.5 cm³/mol. The van der Waals surface area contributed by atoms with Crippen molar-refractivity contribution in [2.45, 2.75) is 24.4 Å². The number of hydrogen-bond acceptors (Lipinski definition) is 5. The molecule has 0 aliphatic rings. The van der Waals surface area contributed by atoms with E-state index in [1.54, 1.807) is 19.1 Å². The Balaban J connectivity index is 2.27. The maximum atomic E-state index is 12.8. The summed E-state index contributed by atoms with van der Waals surface area (Å²) in [7, 11) is -1.50. The number of nitrogens with zero attached hydrogens (tertiary/aromatic N) is 3. The lowest BCUT2D eigenvalue weighted by Gasteiger charge is -2.07. The Morgan fingerprint density at radius 1 is 1.40 bits per heavy atom. The van der Waals surface area contributed by atoms with Crippen molar-refractivity contribution in [2.75, 3.05) is 5.73 Å². The number of nitrogen functional groups attached to an aromatic ring is 1. The highest BCUT2D eigenvalue weighted by atomic mass is 32.2. The second-order valence-corrected chi connectivity index (χ2v) is 5.41. The van der Waals surface area contributed by atoms with Gasteiger partial charge in [0.2, 0.25) is 5.16 Å². The van der Waals surface area contributed by atoms with Gasteiger partial charge in [0.05, 0.1) is 16.6 Å². The average molecular weight is 295 g/mol. The summed E-state index contributed by atoms with van der Waals surface area (Å²) in [6.45, 7) is 2.24. The molecule has 2 aromatic rings. The monoisotopic (exact) mass is 295 g/mol. The number of benzene rings is 1. The Labute approximate surface area is 117 Å². The predicted octanol–water partition coefficient (Wildman–Crippen LogP) is 0.807. The number of anilines is 1. The van der Waals surface area contributed by atoms with Gasteiger partial charge in [-0.3, -0.25) is 9.62 Å². The van der Waals surface area contributed by atoms with Crippen molar-refractivity contribution in [1.29, 1.82) is 5.41 Å². The van der Waals surface area contributed by atoms with Crippen molar-refractivity contribution in [3.8, 4) is 0 Å². The second kappa shape index (κ2) is 5.91. The van der Waals surface area contributed by atoms with Crippen LogP contribution in [0, 0.1) is 11.2 Å². The molecule has 1 aromatic carbocycles. The van der Waals surface area contributed by atoms with Gasteiger partial charge in [-0.15, -0.1) is 5.10 Å². The highest BCUT2D eigenvalue weighted by Gasteiger charge is 2.12. The van der Waals surface area contributed by atoms with Crippen molar-refractivity contribution >= 4 is 16.6 Å². The molecule has 1 atom stereocenters. The number of aromatic nitrogens is 3. The van der Waals surface area contributed by atoms with Crippen LogP contribution in [0.5, 0.6) is 0 Å². The molecule has 1 unspecified atom stereocenters. The zero-order chi connectivity index (χ0) is 14.7. The smallest absolute Gasteiger partial charge is 0.239 e. The standard InChI is InChI=1S/C12H14FN5OS/c1-2-18-11(15)10(14)16-12(17-18)20(19)7-8-3-5-9(13)6-4-8/h3-6,15H,2,7H2,1H3,(H2,14,16,17). The van der Waals surface area contributed by atoms with Gasteiger partial charge in [-0.25, -0.2) is 9.07 Å². The van der Waals surface area contributed by atoms with Crippen LogP contribution in [-0.2, 0) is 23.1 Å². The van der Waals surface area contributed by atoms with Crippen molar-refractivity contribution < 1.29 is 8.60 Å². The maximum Gasteiger partial charge on any atom is 0.239 e. The van der Waals surface area contributed by atoms with Crippen LogP contribution in [-0.4, -0.2) is 19.0 Å². The minimum absolute atomic E-state index is 0.00460. The first-order chi connectivity index (χ1) is 9.51. The molecule has 8 heteroatoms. The molecule has 2 rings (SSSR count). The third-order valence-corrected chi connectivity index (χ3v) is 3.81. The summed E-state index contributed by atoms with van der Waals surface area (Å²) in [5.74, 6) is -0.187. The molecule has 0 fully saturated rings. The molecular formula is C12H14FN5OS. The normalized spacial score (nSPS) is 12.3. The Bertz CT molecular complexity index is 698. The summed E-state index contributed by atoms with van der Waals surface area (Å²) in [6.07, 6.45) is 0. The van der Waals surface area contributed by atoms with E-state index in [0.717, 1.165) is 0 Å². The van der Waals surface area contributed by atoms with Gasteiger partial charge in [0, 0.05) is 6.54 Å². The molecule has 1 aromatic heterocycles. The SMILES string of the molecule is CCn1nc(S(=O)Cc2ccc(F)cc2)nc(N)c1=N. The fraction of sp³-hybridized carbons (Fsp3) is 0.250. The van der Waals surface area contributed by atoms with Crippen LogP contribution in [0.4, 0.5) is 10.2 Å². The molecule has 0 aliphatic heterocycles. The summed E-state index contributed by atoms with van der Waals surface area (Å²) >= 11 is 0. The topological polar surface area (TPSA) is 97.7 Å². The number of halogens is 1. The molecule has 0 amide bonds. The van der Waals surface area contributed by atoms with Gasteiger partial charge in [-0.05, 0) is 24.6 Å². The van der Waals surface area contributed by atoms with Crippen LogP contribution in [0.2, 0.25) is 0 Å². The van der Waals surface area contributed by atoms with E-state index in [-0.39, 0.29) is 28.0 Å². The van der Waals surface area contributed by atoms with Gasteiger partial charge < -0.3 is 5.73 Å². The number of nitrogens with one attached hydrogen (secondary N) is 1. The number of aryl methyl sites for hydroxylation is 1. The Morgan fingerprint density at radius 3 is 2.65 bits per heavy atom. The van der Waals surface area contributed by atoms with Crippen LogP contribution < -0.4 is 11.2 Å². The lowest BCUT2D eigenvalue weighted by molar-refractivity contribution is 0.548. The lowest BCUT2D eigenvalue weighted by atomic mass is 10.2. The Kier molecular flexibility index (Phi) is 4.23. The molecule has 0 saturated carbocycles. The largest absolute Gasteiger partial charge is 0.380 e. The van der Waals surface area contributed by atoms with Crippen molar-refractivity contribution in [2.24, 2.45) is 0 Å². The third-order valence-electron chi connectivity index (χ3n) is 2.64. The van der Waals surface area contributed by atoms with E-state index in [4.69, 9.17) is 11.1 Å². The first-order valence-corrected chi connectivity index (χ1v) is 7.25. The van der Waals surface area contributed by atoms with E-state index < -0.39 is 10.8 Å². The molecule has 0 bridgehead atoms. The Hall–Kier alpha value is -2.09. The fourth-order valence-corrected chi connectivity index (χ4v) is 2.60. The summed E-state index contributed by atoms with van der Waals surface area (Å²) in [5.41, 5.74) is 6.31. The number of rotatable bonds is 4. The summed E-state index contributed by atoms with van der Waals surface area (Å²) in [6, 6.07) is 5.73. The molecule has 106 valence electrons. The first kappa shape index (κ1) is 14.3. The summed E-state index contributed by atoms with van der Waals surface area (Å²) in [5, 5.41) is 11.8. The van der Waals surface area contributed by atoms with Crippen molar-refractivity contribution in [3.63, 3.8) is 0 Å². The average Bonchev–Trinajstić information content (AvgIpc) is 2.44. The van der Waals surface area contributed by atoms with Gasteiger partial charge in [0.25, 0.3) is 0 Å². The molecule has 0 aliphatic carbocycles. The fourth-order valence-electron chi connectivity index (χ4n) is 1.59. The van der Waals surface area contributed by atoms with Crippen LogP contribution >= 0.6 is 0 Å². The summed E-state index contributed by atoms with van der Waals surface area (Å²) < 4.78 is 26.3. The zero-order valence-electron chi connectivity index (χ0n) is 10.8. The minimum Gasteiger partial charge on any atom is -0.380 e. The molecular weight excluding hydrogens is 281 g/mol. The summed E-state index contributed by atoms with van der Waals surface area (Å²) in [4.78, 5) is 3.88. The Morgan fingerprint density at radius 2 is 2.05 bits per heavy atom. The molecule has 6 nitrogen and oxygen atoms in total. The quantitative estimate of drug-likeness (QED) is 0.872. The molecule has 0 saturated heterocycles. The molecule has 20 heavy (non-hydrogen) atoms. The highest BCUT2D eigenvalue weighted by molar-refractivity contribution is 7.84. The molecule has 1 heterocycles. The molecule has 0 radical (unpaired) electrons. The van der Waals surface area contributed by atoms with Gasteiger partial charge in [0.15, 0.2) is 11.3 Å². The van der Waals surface area contributed by atoms with E-state index in [2.05, 4.69) is 10.1 Å². The first-order valence-electron chi connectivity index (χ1n) is 5.93.